The van der Waals surface area contributed by atoms with Crippen molar-refractivity contribution in [1.82, 2.24) is 5.32 Å². The summed E-state index contributed by atoms with van der Waals surface area (Å²) in [7, 11) is 0. The summed E-state index contributed by atoms with van der Waals surface area (Å²) in [6.45, 7) is 14.1. The molecule has 0 aliphatic carbocycles. The smallest absolute Gasteiger partial charge is 0.00102 e. The van der Waals surface area contributed by atoms with E-state index in [1.165, 1.54) is 0 Å². The van der Waals surface area contributed by atoms with Crippen LogP contribution in [-0.2, 0) is 0 Å². The van der Waals surface area contributed by atoms with Crippen molar-refractivity contribution < 1.29 is 0 Å². The van der Waals surface area contributed by atoms with E-state index < -0.39 is 0 Å². The SMILES string of the molecule is CC.CCN.CCNC(C)C. The van der Waals surface area contributed by atoms with Crippen LogP contribution >= 0.6 is 0 Å². The van der Waals surface area contributed by atoms with Crippen LogP contribution in [0.5, 0.6) is 0 Å². The van der Waals surface area contributed by atoms with Gasteiger partial charge in [-0.3, -0.25) is 0 Å². The van der Waals surface area contributed by atoms with Gasteiger partial charge in [-0.1, -0.05) is 41.5 Å². The van der Waals surface area contributed by atoms with Gasteiger partial charge in [0.05, 0.1) is 0 Å². The predicted molar refractivity (Wildman–Crippen MR) is 54.9 cm³/mol. The largest absolute Gasteiger partial charge is 0.331 e. The van der Waals surface area contributed by atoms with Crippen LogP contribution in [0.3, 0.4) is 0 Å². The minimum absolute atomic E-state index is 0.648. The lowest BCUT2D eigenvalue weighted by atomic mass is 10.4. The summed E-state index contributed by atoms with van der Waals surface area (Å²) < 4.78 is 0. The van der Waals surface area contributed by atoms with Crippen LogP contribution in [0, 0.1) is 0 Å². The Bertz CT molecular complexity index is 36.5. The Hall–Kier alpha value is -0.0800. The molecule has 72 valence electrons. The summed E-state index contributed by atoms with van der Waals surface area (Å²) >= 11 is 0. The Balaban J connectivity index is -0.000000109. The minimum Gasteiger partial charge on any atom is -0.331 e. The van der Waals surface area contributed by atoms with E-state index in [4.69, 9.17) is 5.73 Å². The van der Waals surface area contributed by atoms with E-state index in [1.54, 1.807) is 0 Å². The van der Waals surface area contributed by atoms with Crippen LogP contribution in [0.1, 0.15) is 41.5 Å². The summed E-state index contributed by atoms with van der Waals surface area (Å²) in [6.07, 6.45) is 0. The normalized spacial score (nSPS) is 7.64. The second-order valence-electron chi connectivity index (χ2n) is 2.12. The van der Waals surface area contributed by atoms with Gasteiger partial charge in [-0.15, -0.1) is 0 Å². The number of rotatable bonds is 2. The van der Waals surface area contributed by atoms with E-state index in [1.807, 2.05) is 20.8 Å². The van der Waals surface area contributed by atoms with Gasteiger partial charge in [0, 0.05) is 6.04 Å². The lowest BCUT2D eigenvalue weighted by molar-refractivity contribution is 0.613. The van der Waals surface area contributed by atoms with Crippen LogP contribution < -0.4 is 11.1 Å². The molecule has 0 aromatic rings. The Labute approximate surface area is 72.6 Å². The molecule has 0 radical (unpaired) electrons. The molecule has 11 heavy (non-hydrogen) atoms. The lowest BCUT2D eigenvalue weighted by Gasteiger charge is -2.00. The standard InChI is InChI=1S/C5H13N.C2H7N.C2H6/c1-4-6-5(2)3;1-2-3;1-2/h5-6H,4H2,1-3H3;2-3H2,1H3;1-2H3. The number of hydrogen-bond donors (Lipinski definition) is 2. The highest BCUT2D eigenvalue weighted by Gasteiger charge is 1.82. The van der Waals surface area contributed by atoms with Crippen molar-refractivity contribution in [3.8, 4) is 0 Å². The first-order valence-electron chi connectivity index (χ1n) is 4.62. The van der Waals surface area contributed by atoms with Crippen molar-refractivity contribution in [3.05, 3.63) is 0 Å². The van der Waals surface area contributed by atoms with Crippen LogP contribution in [-0.4, -0.2) is 19.1 Å². The van der Waals surface area contributed by atoms with Crippen molar-refractivity contribution in [3.63, 3.8) is 0 Å². The summed E-state index contributed by atoms with van der Waals surface area (Å²) in [6, 6.07) is 0.648. The van der Waals surface area contributed by atoms with Gasteiger partial charge in [0.1, 0.15) is 0 Å². The van der Waals surface area contributed by atoms with E-state index in [0.717, 1.165) is 13.1 Å². The molecule has 0 aromatic carbocycles. The van der Waals surface area contributed by atoms with Crippen LogP contribution in [0.15, 0.2) is 0 Å². The molecule has 0 atom stereocenters. The second kappa shape index (κ2) is 22.5. The van der Waals surface area contributed by atoms with Gasteiger partial charge in [0.25, 0.3) is 0 Å². The fourth-order valence-electron chi connectivity index (χ4n) is 0.408. The summed E-state index contributed by atoms with van der Waals surface area (Å²) in [4.78, 5) is 0. The average molecular weight is 162 g/mol. The van der Waals surface area contributed by atoms with Gasteiger partial charge >= 0.3 is 0 Å². The molecule has 0 fully saturated rings. The molecule has 0 aliphatic heterocycles. The van der Waals surface area contributed by atoms with E-state index in [2.05, 4.69) is 26.1 Å². The molecule has 0 saturated heterocycles. The Kier molecular flexibility index (Phi) is 35.1. The molecule has 0 amide bonds. The molecule has 0 rings (SSSR count). The molecule has 2 heteroatoms. The minimum atomic E-state index is 0.648. The first-order chi connectivity index (χ1) is 5.18. The number of nitrogens with two attached hydrogens (primary N) is 1. The Morgan fingerprint density at radius 3 is 1.45 bits per heavy atom. The summed E-state index contributed by atoms with van der Waals surface area (Å²) in [5.74, 6) is 0. The molecule has 3 N–H and O–H groups in total. The Morgan fingerprint density at radius 2 is 1.45 bits per heavy atom. The number of nitrogens with one attached hydrogen (secondary N) is 1. The van der Waals surface area contributed by atoms with E-state index >= 15 is 0 Å². The molecular weight excluding hydrogens is 136 g/mol. The van der Waals surface area contributed by atoms with Gasteiger partial charge in [-0.2, -0.15) is 0 Å². The van der Waals surface area contributed by atoms with Crippen molar-refractivity contribution >= 4 is 0 Å². The monoisotopic (exact) mass is 162 g/mol. The van der Waals surface area contributed by atoms with E-state index in [0.29, 0.717) is 6.04 Å². The topological polar surface area (TPSA) is 38.0 Å². The fourth-order valence-corrected chi connectivity index (χ4v) is 0.408. The van der Waals surface area contributed by atoms with Crippen LogP contribution in [0.25, 0.3) is 0 Å². The predicted octanol–water partition coefficient (Wildman–Crippen LogP) is 2.00. The third-order valence-corrected chi connectivity index (χ3v) is 0.612. The quantitative estimate of drug-likeness (QED) is 0.651. The van der Waals surface area contributed by atoms with Gasteiger partial charge < -0.3 is 11.1 Å². The molecule has 0 bridgehead atoms. The highest BCUT2D eigenvalue weighted by atomic mass is 14.9. The summed E-state index contributed by atoms with van der Waals surface area (Å²) in [5.41, 5.74) is 4.85. The van der Waals surface area contributed by atoms with Crippen LogP contribution in [0.2, 0.25) is 0 Å². The maximum atomic E-state index is 4.85. The van der Waals surface area contributed by atoms with E-state index in [-0.39, 0.29) is 0 Å². The zero-order valence-corrected chi connectivity index (χ0v) is 9.07. The summed E-state index contributed by atoms with van der Waals surface area (Å²) in [5, 5.41) is 3.21. The zero-order chi connectivity index (χ0) is 9.70. The maximum absolute atomic E-state index is 4.85. The van der Waals surface area contributed by atoms with Gasteiger partial charge in [-0.25, -0.2) is 0 Å². The first-order valence-corrected chi connectivity index (χ1v) is 4.62. The van der Waals surface area contributed by atoms with Gasteiger partial charge in [0.15, 0.2) is 0 Å². The zero-order valence-electron chi connectivity index (χ0n) is 9.07. The van der Waals surface area contributed by atoms with E-state index in [9.17, 15) is 0 Å². The number of hydrogen-bond acceptors (Lipinski definition) is 2. The lowest BCUT2D eigenvalue weighted by Crippen LogP contribution is -2.21. The second-order valence-corrected chi connectivity index (χ2v) is 2.12. The third kappa shape index (κ3) is 73.0. The molecule has 0 unspecified atom stereocenters. The van der Waals surface area contributed by atoms with Crippen molar-refractivity contribution in [2.45, 2.75) is 47.6 Å². The molecule has 0 heterocycles. The Morgan fingerprint density at radius 1 is 1.18 bits per heavy atom. The average Bonchev–Trinajstić information content (AvgIpc) is 1.93. The molecule has 0 saturated carbocycles. The third-order valence-electron chi connectivity index (χ3n) is 0.612. The molecular formula is C9H26N2. The maximum Gasteiger partial charge on any atom is 0.00102 e. The highest BCUT2D eigenvalue weighted by molar-refractivity contribution is 4.46. The van der Waals surface area contributed by atoms with Gasteiger partial charge in [0.2, 0.25) is 0 Å². The van der Waals surface area contributed by atoms with Crippen molar-refractivity contribution in [1.29, 1.82) is 0 Å². The van der Waals surface area contributed by atoms with Crippen LogP contribution in [0.4, 0.5) is 0 Å². The van der Waals surface area contributed by atoms with Crippen molar-refractivity contribution in [2.75, 3.05) is 13.1 Å². The molecule has 2 nitrogen and oxygen atoms in total. The molecule has 0 aromatic heterocycles. The van der Waals surface area contributed by atoms with Crippen molar-refractivity contribution in [2.24, 2.45) is 5.73 Å². The molecule has 0 spiro atoms. The highest BCUT2D eigenvalue weighted by Crippen LogP contribution is 1.70. The first kappa shape index (κ1) is 17.1. The molecule has 0 aliphatic rings. The fraction of sp³-hybridized carbons (Fsp3) is 1.00. The van der Waals surface area contributed by atoms with Gasteiger partial charge in [-0.05, 0) is 13.1 Å².